The van der Waals surface area contributed by atoms with E-state index < -0.39 is 29.0 Å². The number of methoxy groups -OCH3 is 2. The maximum absolute atomic E-state index is 14.3. The molecular formula is C37H39NO5. The molecule has 1 aliphatic carbocycles. The Labute approximate surface area is 253 Å². The van der Waals surface area contributed by atoms with Crippen molar-refractivity contribution in [2.75, 3.05) is 27.3 Å². The van der Waals surface area contributed by atoms with Crippen LogP contribution in [-0.2, 0) is 15.8 Å². The fraction of sp³-hybridized carbons (Fsp3) is 0.324. The Kier molecular flexibility index (Phi) is 7.75. The highest BCUT2D eigenvalue weighted by atomic mass is 16.5. The second kappa shape index (κ2) is 11.5. The van der Waals surface area contributed by atoms with Gasteiger partial charge in [0.15, 0.2) is 0 Å². The van der Waals surface area contributed by atoms with Crippen molar-refractivity contribution in [1.29, 1.82) is 0 Å². The molecule has 4 aromatic rings. The molecule has 2 aliphatic rings. The molecule has 0 radical (unpaired) electrons. The molecule has 6 nitrogen and oxygen atoms in total. The number of hydrogen-bond acceptors (Lipinski definition) is 5. The highest BCUT2D eigenvalue weighted by Gasteiger charge is 2.65. The topological polar surface area (TPSA) is 79.2 Å². The summed E-state index contributed by atoms with van der Waals surface area (Å²) in [5.74, 6) is 0.00570. The van der Waals surface area contributed by atoms with Crippen LogP contribution >= 0.6 is 0 Å². The molecular weight excluding hydrogens is 538 g/mol. The molecule has 0 bridgehead atoms. The Morgan fingerprint density at radius 3 is 1.88 bits per heavy atom. The Hall–Kier alpha value is -4.13. The minimum Gasteiger partial charge on any atom is -0.496 e. The smallest absolute Gasteiger partial charge is 0.229 e. The highest BCUT2D eigenvalue weighted by molar-refractivity contribution is 5.84. The summed E-state index contributed by atoms with van der Waals surface area (Å²) >= 11 is 0. The van der Waals surface area contributed by atoms with Gasteiger partial charge in [-0.05, 0) is 42.5 Å². The van der Waals surface area contributed by atoms with Crippen molar-refractivity contribution in [3.05, 3.63) is 131 Å². The van der Waals surface area contributed by atoms with E-state index in [1.807, 2.05) is 96.8 Å². The van der Waals surface area contributed by atoms with Gasteiger partial charge in [0.05, 0.1) is 26.2 Å². The number of rotatable bonds is 7. The van der Waals surface area contributed by atoms with E-state index in [0.29, 0.717) is 23.6 Å². The Balaban J connectivity index is 1.52. The average molecular weight is 578 g/mol. The predicted molar refractivity (Wildman–Crippen MR) is 166 cm³/mol. The average Bonchev–Trinajstić information content (AvgIpc) is 3.53. The van der Waals surface area contributed by atoms with Crippen LogP contribution < -0.4 is 9.47 Å². The van der Waals surface area contributed by atoms with Crippen LogP contribution in [0.4, 0.5) is 0 Å². The van der Waals surface area contributed by atoms with Crippen molar-refractivity contribution in [3.8, 4) is 11.5 Å². The van der Waals surface area contributed by atoms with E-state index in [2.05, 4.69) is 24.3 Å². The third-order valence-corrected chi connectivity index (χ3v) is 9.95. The number of hydrogen-bond donors (Lipinski definition) is 2. The van der Waals surface area contributed by atoms with Gasteiger partial charge in [-0.1, -0.05) is 97.1 Å². The van der Waals surface area contributed by atoms with Gasteiger partial charge in [0, 0.05) is 35.5 Å². The van der Waals surface area contributed by atoms with Gasteiger partial charge in [0.1, 0.15) is 17.1 Å². The lowest BCUT2D eigenvalue weighted by molar-refractivity contribution is -0.168. The van der Waals surface area contributed by atoms with Crippen LogP contribution in [0.1, 0.15) is 41.5 Å². The third kappa shape index (κ3) is 4.60. The van der Waals surface area contributed by atoms with Crippen molar-refractivity contribution in [2.45, 2.75) is 36.4 Å². The Morgan fingerprint density at radius 2 is 1.28 bits per heavy atom. The summed E-state index contributed by atoms with van der Waals surface area (Å²) in [6.07, 6.45) is -0.854. The predicted octanol–water partition coefficient (Wildman–Crippen LogP) is 5.52. The minimum atomic E-state index is -1.65. The number of aliphatic hydroxyl groups excluding tert-OH is 1. The van der Waals surface area contributed by atoms with Gasteiger partial charge >= 0.3 is 0 Å². The summed E-state index contributed by atoms with van der Waals surface area (Å²) in [7, 11) is 3.19. The lowest BCUT2D eigenvalue weighted by Gasteiger charge is -2.55. The quantitative estimate of drug-likeness (QED) is 0.303. The molecule has 222 valence electrons. The van der Waals surface area contributed by atoms with E-state index in [9.17, 15) is 15.0 Å². The first-order valence-corrected chi connectivity index (χ1v) is 14.9. The van der Waals surface area contributed by atoms with Crippen LogP contribution in [0.2, 0.25) is 0 Å². The first kappa shape index (κ1) is 29.0. The zero-order chi connectivity index (χ0) is 30.2. The van der Waals surface area contributed by atoms with Crippen LogP contribution in [0.15, 0.2) is 109 Å². The fourth-order valence-electron chi connectivity index (χ4n) is 7.88. The molecule has 6 heteroatoms. The normalized spacial score (nSPS) is 25.0. The van der Waals surface area contributed by atoms with Crippen LogP contribution in [0.5, 0.6) is 11.5 Å². The largest absolute Gasteiger partial charge is 0.496 e. The first-order chi connectivity index (χ1) is 20.9. The van der Waals surface area contributed by atoms with Crippen LogP contribution in [0.3, 0.4) is 0 Å². The van der Waals surface area contributed by atoms with Gasteiger partial charge in [-0.25, -0.2) is 0 Å². The van der Waals surface area contributed by atoms with Crippen molar-refractivity contribution < 1.29 is 24.5 Å². The fourth-order valence-corrected chi connectivity index (χ4v) is 7.88. The molecule has 0 spiro atoms. The van der Waals surface area contributed by atoms with Gasteiger partial charge < -0.3 is 24.6 Å². The monoisotopic (exact) mass is 577 g/mol. The molecule has 6 rings (SSSR count). The number of likely N-dealkylation sites (tertiary alicyclic amines) is 1. The molecule has 0 unspecified atom stereocenters. The number of fused-ring (bicyclic) bond motifs is 1. The Morgan fingerprint density at radius 1 is 0.767 bits per heavy atom. The van der Waals surface area contributed by atoms with Crippen LogP contribution in [0.25, 0.3) is 0 Å². The van der Waals surface area contributed by atoms with E-state index in [0.717, 1.165) is 16.7 Å². The number of benzene rings is 4. The summed E-state index contributed by atoms with van der Waals surface area (Å²) < 4.78 is 11.3. The van der Waals surface area contributed by atoms with E-state index >= 15 is 0 Å². The molecule has 1 amide bonds. The zero-order valence-corrected chi connectivity index (χ0v) is 24.9. The Bertz CT molecular complexity index is 1530. The maximum Gasteiger partial charge on any atom is 0.229 e. The second-order valence-electron chi connectivity index (χ2n) is 11.9. The summed E-state index contributed by atoms with van der Waals surface area (Å²) in [6.45, 7) is 2.62. The number of nitrogens with zero attached hydrogens (tertiary/aromatic N) is 1. The number of aliphatic hydroxyl groups is 2. The summed E-state index contributed by atoms with van der Waals surface area (Å²) in [5, 5.41) is 24.9. The van der Waals surface area contributed by atoms with Crippen molar-refractivity contribution >= 4 is 5.91 Å². The van der Waals surface area contributed by atoms with E-state index in [1.54, 1.807) is 14.2 Å². The molecule has 1 heterocycles. The summed E-state index contributed by atoms with van der Waals surface area (Å²) in [6, 6.07) is 35.4. The number of ether oxygens (including phenoxy) is 2. The van der Waals surface area contributed by atoms with E-state index in [-0.39, 0.29) is 24.8 Å². The SMILES string of the molecule is COc1ccccc1[C@@H](C)C(=O)N1C[C@@H]2[C@H](C1)[C@@](O)(c1ccccc1OC)[C@H](O)CC2(c1ccccc1)c1ccccc1. The molecule has 1 saturated carbocycles. The molecule has 5 atom stereocenters. The molecule has 2 N–H and O–H groups in total. The molecule has 1 aliphatic heterocycles. The van der Waals surface area contributed by atoms with Gasteiger partial charge in [0.2, 0.25) is 5.91 Å². The molecule has 2 fully saturated rings. The van der Waals surface area contributed by atoms with Crippen molar-refractivity contribution in [1.82, 2.24) is 4.90 Å². The standard InChI is InChI=1S/C37H39NO5/c1-25(28-18-10-12-20-32(28)42-2)35(40)38-23-30-31(24-38)37(41,29-19-11-13-21-33(29)43-3)34(39)22-36(30,26-14-6-4-7-15-26)27-16-8-5-9-17-27/h4-21,25,30-31,34,39,41H,22-24H2,1-3H3/t25-,30-,31+,34-,37+/m1/s1. The maximum atomic E-state index is 14.3. The molecule has 0 aromatic heterocycles. The van der Waals surface area contributed by atoms with Gasteiger partial charge in [-0.15, -0.1) is 0 Å². The molecule has 4 aromatic carbocycles. The van der Waals surface area contributed by atoms with Gasteiger partial charge in [0.25, 0.3) is 0 Å². The highest BCUT2D eigenvalue weighted by Crippen LogP contribution is 2.60. The number of amides is 1. The number of carbonyl (C=O) groups excluding carboxylic acids is 1. The first-order valence-electron chi connectivity index (χ1n) is 14.9. The van der Waals surface area contributed by atoms with Gasteiger partial charge in [-0.3, -0.25) is 4.79 Å². The van der Waals surface area contributed by atoms with Crippen molar-refractivity contribution in [3.63, 3.8) is 0 Å². The number of carbonyl (C=O) groups is 1. The molecule has 1 saturated heterocycles. The second-order valence-corrected chi connectivity index (χ2v) is 11.9. The lowest BCUT2D eigenvalue weighted by Crippen LogP contribution is -2.60. The minimum absolute atomic E-state index is 0.0363. The van der Waals surface area contributed by atoms with E-state index in [4.69, 9.17) is 9.47 Å². The third-order valence-electron chi connectivity index (χ3n) is 9.95. The van der Waals surface area contributed by atoms with Gasteiger partial charge in [-0.2, -0.15) is 0 Å². The van der Waals surface area contributed by atoms with Crippen molar-refractivity contribution in [2.24, 2.45) is 11.8 Å². The lowest BCUT2D eigenvalue weighted by atomic mass is 9.51. The molecule has 43 heavy (non-hydrogen) atoms. The van der Waals surface area contributed by atoms with Crippen LogP contribution in [0, 0.1) is 11.8 Å². The van der Waals surface area contributed by atoms with E-state index in [1.165, 1.54) is 0 Å². The zero-order valence-electron chi connectivity index (χ0n) is 24.9. The van der Waals surface area contributed by atoms with Crippen LogP contribution in [-0.4, -0.2) is 54.4 Å². The summed E-state index contributed by atoms with van der Waals surface area (Å²) in [5.41, 5.74) is 1.19. The number of para-hydroxylation sites is 2. The summed E-state index contributed by atoms with van der Waals surface area (Å²) in [4.78, 5) is 16.2.